The van der Waals surface area contributed by atoms with Crippen molar-refractivity contribution in [3.63, 3.8) is 0 Å². The van der Waals surface area contributed by atoms with E-state index in [0.717, 1.165) is 29.4 Å². The van der Waals surface area contributed by atoms with Gasteiger partial charge in [0.25, 0.3) is 0 Å². The lowest BCUT2D eigenvalue weighted by Crippen LogP contribution is -2.29. The molecule has 3 aromatic rings. The van der Waals surface area contributed by atoms with Crippen LogP contribution >= 0.6 is 0 Å². The molecule has 26 heavy (non-hydrogen) atoms. The number of carbonyl (C=O) groups excluding carboxylic acids is 1. The summed E-state index contributed by atoms with van der Waals surface area (Å²) in [6, 6.07) is 12.2. The first-order chi connectivity index (χ1) is 12.7. The number of nitrogens with zero attached hydrogens (tertiary/aromatic N) is 2. The summed E-state index contributed by atoms with van der Waals surface area (Å²) in [7, 11) is 0. The van der Waals surface area contributed by atoms with E-state index >= 15 is 0 Å². The molecule has 2 aromatic carbocycles. The van der Waals surface area contributed by atoms with Crippen LogP contribution in [0.1, 0.15) is 30.9 Å². The number of carbonyl (C=O) groups is 1. The highest BCUT2D eigenvalue weighted by Crippen LogP contribution is 2.32. The molecule has 1 aromatic heterocycles. The third-order valence-electron chi connectivity index (χ3n) is 4.69. The zero-order valence-electron chi connectivity index (χ0n) is 14.3. The molecular weight excluding hydrogens is 333 g/mol. The zero-order valence-corrected chi connectivity index (χ0v) is 14.3. The zero-order chi connectivity index (χ0) is 17.9. The number of amides is 1. The number of benzene rings is 2. The van der Waals surface area contributed by atoms with Crippen LogP contribution in [-0.4, -0.2) is 22.1 Å². The van der Waals surface area contributed by atoms with Gasteiger partial charge in [0.05, 0.1) is 30.0 Å². The Kier molecular flexibility index (Phi) is 4.56. The van der Waals surface area contributed by atoms with Gasteiger partial charge in [-0.1, -0.05) is 18.2 Å². The fourth-order valence-corrected chi connectivity index (χ4v) is 3.37. The number of hydrogen-bond donors (Lipinski definition) is 1. The van der Waals surface area contributed by atoms with Gasteiger partial charge in [-0.3, -0.25) is 4.79 Å². The molecular formula is C20H20FN3O2. The van der Waals surface area contributed by atoms with Gasteiger partial charge in [-0.05, 0) is 31.0 Å². The fourth-order valence-electron chi connectivity index (χ4n) is 3.37. The van der Waals surface area contributed by atoms with Crippen molar-refractivity contribution in [1.82, 2.24) is 14.9 Å². The van der Waals surface area contributed by atoms with Crippen LogP contribution in [0.25, 0.3) is 11.0 Å². The summed E-state index contributed by atoms with van der Waals surface area (Å²) in [6.07, 6.45) is 3.70. The Balaban J connectivity index is 1.43. The van der Waals surface area contributed by atoms with Gasteiger partial charge in [-0.25, -0.2) is 9.37 Å². The monoisotopic (exact) mass is 353 g/mol. The molecule has 1 aliphatic heterocycles. The summed E-state index contributed by atoms with van der Waals surface area (Å²) in [5.41, 5.74) is 2.78. The molecule has 1 aliphatic rings. The van der Waals surface area contributed by atoms with E-state index in [9.17, 15) is 9.18 Å². The van der Waals surface area contributed by atoms with E-state index in [2.05, 4.69) is 10.3 Å². The van der Waals surface area contributed by atoms with Crippen molar-refractivity contribution in [3.05, 3.63) is 60.2 Å². The van der Waals surface area contributed by atoms with Gasteiger partial charge in [0.15, 0.2) is 0 Å². The molecule has 0 bridgehead atoms. The number of aromatic nitrogens is 2. The molecule has 2 heterocycles. The minimum absolute atomic E-state index is 0.0371. The van der Waals surface area contributed by atoms with Gasteiger partial charge in [0, 0.05) is 24.6 Å². The Hall–Kier alpha value is -2.89. The number of nitrogens with one attached hydrogen (secondary N) is 1. The third-order valence-corrected chi connectivity index (χ3v) is 4.69. The molecule has 6 heteroatoms. The van der Waals surface area contributed by atoms with Crippen LogP contribution in [0, 0.1) is 5.82 Å². The molecule has 0 unspecified atom stereocenters. The summed E-state index contributed by atoms with van der Waals surface area (Å²) in [4.78, 5) is 16.8. The largest absolute Gasteiger partial charge is 0.493 e. The predicted molar refractivity (Wildman–Crippen MR) is 96.4 cm³/mol. The van der Waals surface area contributed by atoms with Crippen LogP contribution < -0.4 is 10.1 Å². The number of hydrogen-bond acceptors (Lipinski definition) is 3. The fraction of sp³-hybridized carbons (Fsp3) is 0.300. The maximum atomic E-state index is 13.4. The lowest BCUT2D eigenvalue weighted by atomic mass is 10.0. The van der Waals surface area contributed by atoms with Gasteiger partial charge in [0.1, 0.15) is 11.6 Å². The van der Waals surface area contributed by atoms with E-state index in [1.807, 2.05) is 28.8 Å². The first kappa shape index (κ1) is 16.6. The van der Waals surface area contributed by atoms with Crippen molar-refractivity contribution in [2.45, 2.75) is 31.8 Å². The molecule has 1 amide bonds. The molecule has 0 spiro atoms. The van der Waals surface area contributed by atoms with Crippen molar-refractivity contribution in [1.29, 1.82) is 0 Å². The average molecular weight is 353 g/mol. The molecule has 1 N–H and O–H groups in total. The second kappa shape index (κ2) is 7.15. The molecule has 0 radical (unpaired) electrons. The van der Waals surface area contributed by atoms with E-state index in [4.69, 9.17) is 4.74 Å². The van der Waals surface area contributed by atoms with Gasteiger partial charge in [0.2, 0.25) is 5.91 Å². The van der Waals surface area contributed by atoms with Gasteiger partial charge < -0.3 is 14.6 Å². The van der Waals surface area contributed by atoms with E-state index in [0.29, 0.717) is 25.3 Å². The first-order valence-electron chi connectivity index (χ1n) is 8.82. The van der Waals surface area contributed by atoms with Gasteiger partial charge >= 0.3 is 0 Å². The number of halogens is 1. The number of para-hydroxylation sites is 2. The normalized spacial score (nSPS) is 16.6. The molecule has 0 saturated carbocycles. The van der Waals surface area contributed by atoms with Crippen molar-refractivity contribution in [3.8, 4) is 5.75 Å². The number of fused-ring (bicyclic) bond motifs is 2. The highest BCUT2D eigenvalue weighted by molar-refractivity contribution is 5.78. The number of ether oxygens (including phenoxy) is 1. The highest BCUT2D eigenvalue weighted by atomic mass is 19.1. The van der Waals surface area contributed by atoms with Crippen molar-refractivity contribution in [2.75, 3.05) is 6.61 Å². The van der Waals surface area contributed by atoms with Crippen LogP contribution in [0.2, 0.25) is 0 Å². The van der Waals surface area contributed by atoms with Crippen LogP contribution in [0.15, 0.2) is 48.8 Å². The quantitative estimate of drug-likeness (QED) is 0.780. The van der Waals surface area contributed by atoms with Crippen molar-refractivity contribution in [2.24, 2.45) is 0 Å². The molecule has 0 aliphatic carbocycles. The Morgan fingerprint density at radius 1 is 1.31 bits per heavy atom. The van der Waals surface area contributed by atoms with Crippen LogP contribution in [0.3, 0.4) is 0 Å². The van der Waals surface area contributed by atoms with E-state index < -0.39 is 0 Å². The summed E-state index contributed by atoms with van der Waals surface area (Å²) < 4.78 is 21.0. The standard InChI is InChI=1S/C20H20FN3O2/c21-14-7-8-15-16(5-3-11-26-19(15)12-14)23-20(25)9-10-24-13-22-17-4-1-2-6-18(17)24/h1-2,4,6-8,12-13,16H,3,5,9-11H2,(H,23,25)/t16-/m1/s1. The highest BCUT2D eigenvalue weighted by Gasteiger charge is 2.22. The minimum Gasteiger partial charge on any atom is -0.493 e. The Morgan fingerprint density at radius 2 is 2.19 bits per heavy atom. The van der Waals surface area contributed by atoms with Crippen LogP contribution in [-0.2, 0) is 11.3 Å². The molecule has 5 nitrogen and oxygen atoms in total. The average Bonchev–Trinajstić information content (AvgIpc) is 2.96. The van der Waals surface area contributed by atoms with E-state index in [1.54, 1.807) is 12.4 Å². The Labute approximate surface area is 150 Å². The molecule has 0 saturated heterocycles. The maximum absolute atomic E-state index is 13.4. The Bertz CT molecular complexity index is 938. The van der Waals surface area contributed by atoms with Crippen LogP contribution in [0.4, 0.5) is 4.39 Å². The lowest BCUT2D eigenvalue weighted by molar-refractivity contribution is -0.122. The second-order valence-electron chi connectivity index (χ2n) is 6.47. The third kappa shape index (κ3) is 3.40. The molecule has 0 fully saturated rings. The second-order valence-corrected chi connectivity index (χ2v) is 6.47. The van der Waals surface area contributed by atoms with Crippen molar-refractivity contribution < 1.29 is 13.9 Å². The van der Waals surface area contributed by atoms with E-state index in [1.165, 1.54) is 12.1 Å². The van der Waals surface area contributed by atoms with Gasteiger partial charge in [-0.2, -0.15) is 0 Å². The SMILES string of the molecule is O=C(CCn1cnc2ccccc21)N[C@@H]1CCCOc2cc(F)ccc21. The summed E-state index contributed by atoms with van der Waals surface area (Å²) >= 11 is 0. The van der Waals surface area contributed by atoms with E-state index in [-0.39, 0.29) is 17.8 Å². The Morgan fingerprint density at radius 3 is 3.12 bits per heavy atom. The lowest BCUT2D eigenvalue weighted by Gasteiger charge is -2.18. The number of imidazole rings is 1. The number of rotatable bonds is 4. The molecule has 4 rings (SSSR count). The number of aryl methyl sites for hydroxylation is 1. The smallest absolute Gasteiger partial charge is 0.222 e. The van der Waals surface area contributed by atoms with Crippen LogP contribution in [0.5, 0.6) is 5.75 Å². The minimum atomic E-state index is -0.331. The summed E-state index contributed by atoms with van der Waals surface area (Å²) in [5.74, 6) is 0.154. The summed E-state index contributed by atoms with van der Waals surface area (Å²) in [5, 5.41) is 3.07. The molecule has 134 valence electrons. The van der Waals surface area contributed by atoms with Gasteiger partial charge in [-0.15, -0.1) is 0 Å². The predicted octanol–water partition coefficient (Wildman–Crippen LogP) is 3.60. The topological polar surface area (TPSA) is 56.2 Å². The molecule has 1 atom stereocenters. The first-order valence-corrected chi connectivity index (χ1v) is 8.82. The summed E-state index contributed by atoms with van der Waals surface area (Å²) in [6.45, 7) is 1.09. The maximum Gasteiger partial charge on any atom is 0.222 e. The van der Waals surface area contributed by atoms with Crippen molar-refractivity contribution >= 4 is 16.9 Å².